The normalized spacial score (nSPS) is 15.8. The standard InChI is InChI=1S/C17H26N2O3/c1-18-15-7-9-19(10-8-15)17(20)14-5-3-6-16(13-14)22-12-4-11-21-2/h3,5-6,13,15,18H,4,7-12H2,1-2H3. The van der Waals surface area contributed by atoms with Crippen molar-refractivity contribution < 1.29 is 14.3 Å². The minimum atomic E-state index is 0.0943. The zero-order valence-electron chi connectivity index (χ0n) is 13.5. The van der Waals surface area contributed by atoms with E-state index in [9.17, 15) is 4.79 Å². The Kier molecular flexibility index (Phi) is 6.68. The molecule has 5 heteroatoms. The van der Waals surface area contributed by atoms with Gasteiger partial charge in [0.1, 0.15) is 5.75 Å². The van der Waals surface area contributed by atoms with Crippen LogP contribution in [0.5, 0.6) is 5.75 Å². The van der Waals surface area contributed by atoms with Crippen molar-refractivity contribution in [3.63, 3.8) is 0 Å². The van der Waals surface area contributed by atoms with Crippen LogP contribution in [0.1, 0.15) is 29.6 Å². The summed E-state index contributed by atoms with van der Waals surface area (Å²) in [5, 5.41) is 3.28. The van der Waals surface area contributed by atoms with Gasteiger partial charge in [-0.15, -0.1) is 0 Å². The highest BCUT2D eigenvalue weighted by atomic mass is 16.5. The van der Waals surface area contributed by atoms with Gasteiger partial charge in [-0.25, -0.2) is 0 Å². The molecule has 0 radical (unpaired) electrons. The van der Waals surface area contributed by atoms with E-state index in [2.05, 4.69) is 5.32 Å². The number of hydrogen-bond acceptors (Lipinski definition) is 4. The second-order valence-electron chi connectivity index (χ2n) is 5.58. The lowest BCUT2D eigenvalue weighted by Gasteiger charge is -2.31. The van der Waals surface area contributed by atoms with Crippen molar-refractivity contribution in [2.45, 2.75) is 25.3 Å². The van der Waals surface area contributed by atoms with Gasteiger partial charge in [0.2, 0.25) is 0 Å². The molecule has 1 amide bonds. The van der Waals surface area contributed by atoms with E-state index in [0.717, 1.165) is 38.1 Å². The van der Waals surface area contributed by atoms with E-state index in [4.69, 9.17) is 9.47 Å². The number of amides is 1. The number of nitrogens with zero attached hydrogens (tertiary/aromatic N) is 1. The van der Waals surface area contributed by atoms with Gasteiger partial charge in [-0.3, -0.25) is 4.79 Å². The van der Waals surface area contributed by atoms with Gasteiger partial charge < -0.3 is 19.7 Å². The van der Waals surface area contributed by atoms with Crippen molar-refractivity contribution in [1.82, 2.24) is 10.2 Å². The summed E-state index contributed by atoms with van der Waals surface area (Å²) < 4.78 is 10.7. The van der Waals surface area contributed by atoms with Crippen LogP contribution in [0.2, 0.25) is 0 Å². The molecule has 1 saturated heterocycles. The molecule has 0 aliphatic carbocycles. The first-order chi connectivity index (χ1) is 10.7. The number of hydrogen-bond donors (Lipinski definition) is 1. The molecule has 0 saturated carbocycles. The van der Waals surface area contributed by atoms with Gasteiger partial charge in [-0.05, 0) is 38.1 Å². The lowest BCUT2D eigenvalue weighted by Crippen LogP contribution is -2.43. The van der Waals surface area contributed by atoms with E-state index in [1.165, 1.54) is 0 Å². The third-order valence-corrected chi connectivity index (χ3v) is 4.03. The number of carbonyl (C=O) groups is 1. The SMILES string of the molecule is CNC1CCN(C(=O)c2cccc(OCCCOC)c2)CC1. The molecule has 1 aliphatic heterocycles. The highest BCUT2D eigenvalue weighted by Gasteiger charge is 2.22. The molecule has 0 unspecified atom stereocenters. The van der Waals surface area contributed by atoms with E-state index in [1.807, 2.05) is 36.2 Å². The Morgan fingerprint density at radius 2 is 2.09 bits per heavy atom. The number of likely N-dealkylation sites (tertiary alicyclic amines) is 1. The van der Waals surface area contributed by atoms with Crippen molar-refractivity contribution in [2.75, 3.05) is 40.5 Å². The summed E-state index contributed by atoms with van der Waals surface area (Å²) in [6.07, 6.45) is 2.86. The fourth-order valence-corrected chi connectivity index (χ4v) is 2.67. The van der Waals surface area contributed by atoms with Crippen molar-refractivity contribution >= 4 is 5.91 Å². The summed E-state index contributed by atoms with van der Waals surface area (Å²) in [5.74, 6) is 0.837. The first-order valence-electron chi connectivity index (χ1n) is 7.93. The Morgan fingerprint density at radius 1 is 1.32 bits per heavy atom. The average molecular weight is 306 g/mol. The van der Waals surface area contributed by atoms with E-state index in [-0.39, 0.29) is 5.91 Å². The van der Waals surface area contributed by atoms with Crippen LogP contribution in [0.3, 0.4) is 0 Å². The van der Waals surface area contributed by atoms with E-state index in [0.29, 0.717) is 24.8 Å². The van der Waals surface area contributed by atoms with Crippen LogP contribution in [0.25, 0.3) is 0 Å². The van der Waals surface area contributed by atoms with Crippen molar-refractivity contribution in [3.8, 4) is 5.75 Å². The maximum Gasteiger partial charge on any atom is 0.253 e. The zero-order chi connectivity index (χ0) is 15.8. The van der Waals surface area contributed by atoms with Crippen LogP contribution in [-0.4, -0.2) is 57.3 Å². The molecular formula is C17H26N2O3. The molecule has 122 valence electrons. The minimum Gasteiger partial charge on any atom is -0.493 e. The quantitative estimate of drug-likeness (QED) is 0.782. The number of rotatable bonds is 7. The summed E-state index contributed by atoms with van der Waals surface area (Å²) in [6.45, 7) is 2.89. The summed E-state index contributed by atoms with van der Waals surface area (Å²) in [5.41, 5.74) is 0.701. The molecular weight excluding hydrogens is 280 g/mol. The van der Waals surface area contributed by atoms with Gasteiger partial charge in [-0.2, -0.15) is 0 Å². The second kappa shape index (κ2) is 8.76. The number of nitrogens with one attached hydrogen (secondary N) is 1. The number of carbonyl (C=O) groups excluding carboxylic acids is 1. The van der Waals surface area contributed by atoms with E-state index in [1.54, 1.807) is 7.11 Å². The van der Waals surface area contributed by atoms with Crippen LogP contribution >= 0.6 is 0 Å². The molecule has 0 bridgehead atoms. The molecule has 1 aromatic rings. The lowest BCUT2D eigenvalue weighted by molar-refractivity contribution is 0.0707. The van der Waals surface area contributed by atoms with Crippen molar-refractivity contribution in [2.24, 2.45) is 0 Å². The van der Waals surface area contributed by atoms with Crippen molar-refractivity contribution in [3.05, 3.63) is 29.8 Å². The number of piperidine rings is 1. The third-order valence-electron chi connectivity index (χ3n) is 4.03. The average Bonchev–Trinajstić information content (AvgIpc) is 2.58. The molecule has 0 spiro atoms. The molecule has 1 aliphatic rings. The first-order valence-corrected chi connectivity index (χ1v) is 7.93. The summed E-state index contributed by atoms with van der Waals surface area (Å²) in [6, 6.07) is 7.98. The van der Waals surface area contributed by atoms with Crippen molar-refractivity contribution in [1.29, 1.82) is 0 Å². The molecule has 0 atom stereocenters. The summed E-state index contributed by atoms with van der Waals surface area (Å²) in [7, 11) is 3.66. The van der Waals surface area contributed by atoms with Gasteiger partial charge >= 0.3 is 0 Å². The first kappa shape index (κ1) is 16.8. The van der Waals surface area contributed by atoms with Crippen LogP contribution in [0.4, 0.5) is 0 Å². The van der Waals surface area contributed by atoms with Gasteiger partial charge in [0, 0.05) is 44.8 Å². The molecule has 2 rings (SSSR count). The molecule has 1 aromatic carbocycles. The molecule has 22 heavy (non-hydrogen) atoms. The molecule has 5 nitrogen and oxygen atoms in total. The smallest absolute Gasteiger partial charge is 0.253 e. The summed E-state index contributed by atoms with van der Waals surface area (Å²) in [4.78, 5) is 14.5. The highest BCUT2D eigenvalue weighted by molar-refractivity contribution is 5.94. The predicted octanol–water partition coefficient (Wildman–Crippen LogP) is 1.93. The highest BCUT2D eigenvalue weighted by Crippen LogP contribution is 2.18. The molecule has 1 heterocycles. The molecule has 0 aromatic heterocycles. The van der Waals surface area contributed by atoms with Crippen LogP contribution in [0.15, 0.2) is 24.3 Å². The number of ether oxygens (including phenoxy) is 2. The minimum absolute atomic E-state index is 0.0943. The number of benzene rings is 1. The Hall–Kier alpha value is -1.59. The van der Waals surface area contributed by atoms with Gasteiger partial charge in [0.15, 0.2) is 0 Å². The summed E-state index contributed by atoms with van der Waals surface area (Å²) >= 11 is 0. The second-order valence-corrected chi connectivity index (χ2v) is 5.58. The fourth-order valence-electron chi connectivity index (χ4n) is 2.67. The fraction of sp³-hybridized carbons (Fsp3) is 0.588. The van der Waals surface area contributed by atoms with Crippen LogP contribution < -0.4 is 10.1 Å². The van der Waals surface area contributed by atoms with Gasteiger partial charge in [0.05, 0.1) is 6.61 Å². The Balaban J connectivity index is 1.90. The Bertz CT molecular complexity index is 471. The molecule has 1 fully saturated rings. The maximum absolute atomic E-state index is 12.6. The van der Waals surface area contributed by atoms with E-state index >= 15 is 0 Å². The van der Waals surface area contributed by atoms with Crippen LogP contribution in [-0.2, 0) is 4.74 Å². The van der Waals surface area contributed by atoms with Crippen LogP contribution in [0, 0.1) is 0 Å². The Morgan fingerprint density at radius 3 is 2.77 bits per heavy atom. The predicted molar refractivity (Wildman–Crippen MR) is 86.4 cm³/mol. The largest absolute Gasteiger partial charge is 0.493 e. The van der Waals surface area contributed by atoms with Gasteiger partial charge in [0.25, 0.3) is 5.91 Å². The molecule has 1 N–H and O–H groups in total. The van der Waals surface area contributed by atoms with Gasteiger partial charge in [-0.1, -0.05) is 6.07 Å². The Labute approximate surface area is 132 Å². The maximum atomic E-state index is 12.6. The lowest BCUT2D eigenvalue weighted by atomic mass is 10.0. The monoisotopic (exact) mass is 306 g/mol. The number of methoxy groups -OCH3 is 1. The zero-order valence-corrected chi connectivity index (χ0v) is 13.5. The topological polar surface area (TPSA) is 50.8 Å². The van der Waals surface area contributed by atoms with E-state index < -0.39 is 0 Å². The third kappa shape index (κ3) is 4.71.